The number of halogens is 4. The van der Waals surface area contributed by atoms with Gasteiger partial charge in [0.05, 0.1) is 22.2 Å². The van der Waals surface area contributed by atoms with E-state index in [1.165, 1.54) is 6.07 Å². The standard InChI is InChI=1S/C20H13Cl2F2N5O3/c21-8-1-4-14(11(22)5-8)26-20-28-17-16(19(32)29-20)10(7-15(30)27-17)18(31)25-9-2-3-12(23)13(24)6-9/h1-6,10H,7H2,(H,25,31)(H3,26,27,28,29,30,32). The summed E-state index contributed by atoms with van der Waals surface area (Å²) in [6.45, 7) is 0. The van der Waals surface area contributed by atoms with Crippen molar-refractivity contribution in [2.75, 3.05) is 16.0 Å². The van der Waals surface area contributed by atoms with Crippen molar-refractivity contribution >= 4 is 58.2 Å². The van der Waals surface area contributed by atoms with Gasteiger partial charge in [0, 0.05) is 23.2 Å². The Kier molecular flexibility index (Phi) is 5.81. The molecule has 2 heterocycles. The Balaban J connectivity index is 1.64. The maximum Gasteiger partial charge on any atom is 0.258 e. The number of aromatic amines is 1. The second-order valence-corrected chi connectivity index (χ2v) is 7.69. The van der Waals surface area contributed by atoms with E-state index in [2.05, 4.69) is 25.9 Å². The number of aromatic nitrogens is 2. The van der Waals surface area contributed by atoms with Crippen molar-refractivity contribution in [3.8, 4) is 0 Å². The normalized spacial score (nSPS) is 15.0. The summed E-state index contributed by atoms with van der Waals surface area (Å²) in [5.74, 6) is -4.86. The molecule has 0 aliphatic carbocycles. The van der Waals surface area contributed by atoms with Gasteiger partial charge in [-0.25, -0.2) is 8.78 Å². The van der Waals surface area contributed by atoms with Crippen molar-refractivity contribution in [2.24, 2.45) is 0 Å². The summed E-state index contributed by atoms with van der Waals surface area (Å²) in [5, 5.41) is 8.34. The smallest absolute Gasteiger partial charge is 0.258 e. The summed E-state index contributed by atoms with van der Waals surface area (Å²) in [6, 6.07) is 7.43. The number of hydrogen-bond acceptors (Lipinski definition) is 5. The number of amides is 2. The maximum absolute atomic E-state index is 13.4. The number of carbonyl (C=O) groups is 2. The Hall–Kier alpha value is -3.50. The summed E-state index contributed by atoms with van der Waals surface area (Å²) in [6.07, 6.45) is -0.330. The van der Waals surface area contributed by atoms with E-state index >= 15 is 0 Å². The molecule has 8 nitrogen and oxygen atoms in total. The first-order chi connectivity index (χ1) is 15.2. The molecule has 0 bridgehead atoms. The molecule has 4 N–H and O–H groups in total. The van der Waals surface area contributed by atoms with E-state index in [0.717, 1.165) is 18.2 Å². The molecule has 0 saturated carbocycles. The SMILES string of the molecule is O=C1CC(C(=O)Nc2ccc(F)c(F)c2)c2c(nc(Nc3ccc(Cl)cc3Cl)[nH]c2=O)N1. The van der Waals surface area contributed by atoms with Crippen LogP contribution in [0.1, 0.15) is 17.9 Å². The molecule has 1 aliphatic heterocycles. The van der Waals surface area contributed by atoms with E-state index in [1.54, 1.807) is 12.1 Å². The van der Waals surface area contributed by atoms with Gasteiger partial charge in [-0.3, -0.25) is 19.4 Å². The van der Waals surface area contributed by atoms with Crippen LogP contribution in [0.15, 0.2) is 41.2 Å². The minimum absolute atomic E-state index is 0.0264. The topological polar surface area (TPSA) is 116 Å². The van der Waals surface area contributed by atoms with Crippen molar-refractivity contribution < 1.29 is 18.4 Å². The quantitative estimate of drug-likeness (QED) is 0.448. The van der Waals surface area contributed by atoms with Crippen LogP contribution in [0.2, 0.25) is 10.0 Å². The van der Waals surface area contributed by atoms with Crippen molar-refractivity contribution in [1.29, 1.82) is 0 Å². The largest absolute Gasteiger partial charge is 0.325 e. The summed E-state index contributed by atoms with van der Waals surface area (Å²) in [7, 11) is 0. The molecule has 0 spiro atoms. The third-order valence-electron chi connectivity index (χ3n) is 4.64. The number of H-pyrrole nitrogens is 1. The second-order valence-electron chi connectivity index (χ2n) is 6.85. The molecule has 0 fully saturated rings. The highest BCUT2D eigenvalue weighted by molar-refractivity contribution is 6.36. The van der Waals surface area contributed by atoms with Gasteiger partial charge < -0.3 is 16.0 Å². The maximum atomic E-state index is 13.4. The van der Waals surface area contributed by atoms with E-state index in [0.29, 0.717) is 10.7 Å². The molecule has 1 aliphatic rings. The molecule has 164 valence electrons. The van der Waals surface area contributed by atoms with E-state index in [4.69, 9.17) is 23.2 Å². The lowest BCUT2D eigenvalue weighted by Gasteiger charge is -2.23. The molecule has 1 atom stereocenters. The zero-order valence-corrected chi connectivity index (χ0v) is 17.4. The monoisotopic (exact) mass is 479 g/mol. The zero-order chi connectivity index (χ0) is 23.0. The molecule has 12 heteroatoms. The van der Waals surface area contributed by atoms with Gasteiger partial charge in [0.25, 0.3) is 5.56 Å². The highest BCUT2D eigenvalue weighted by atomic mass is 35.5. The molecule has 1 aromatic heterocycles. The number of benzene rings is 2. The van der Waals surface area contributed by atoms with Crippen LogP contribution in [0.5, 0.6) is 0 Å². The minimum Gasteiger partial charge on any atom is -0.325 e. The van der Waals surface area contributed by atoms with Crippen LogP contribution in [0.4, 0.5) is 31.9 Å². The van der Waals surface area contributed by atoms with Crippen LogP contribution in [-0.4, -0.2) is 21.8 Å². The molecular weight excluding hydrogens is 467 g/mol. The lowest BCUT2D eigenvalue weighted by molar-refractivity contribution is -0.123. The number of nitrogens with one attached hydrogen (secondary N) is 4. The summed E-state index contributed by atoms with van der Waals surface area (Å²) < 4.78 is 26.5. The van der Waals surface area contributed by atoms with Crippen molar-refractivity contribution in [3.05, 3.63) is 74.0 Å². The van der Waals surface area contributed by atoms with Gasteiger partial charge in [-0.15, -0.1) is 0 Å². The van der Waals surface area contributed by atoms with Crippen LogP contribution in [-0.2, 0) is 9.59 Å². The average molecular weight is 480 g/mol. The summed E-state index contributed by atoms with van der Waals surface area (Å²) in [4.78, 5) is 44.3. The van der Waals surface area contributed by atoms with Crippen LogP contribution in [0, 0.1) is 11.6 Å². The van der Waals surface area contributed by atoms with Gasteiger partial charge in [0.2, 0.25) is 17.8 Å². The van der Waals surface area contributed by atoms with Gasteiger partial charge in [0.15, 0.2) is 11.6 Å². The molecular formula is C20H13Cl2F2N5O3. The Labute approximate surface area is 189 Å². The van der Waals surface area contributed by atoms with Gasteiger partial charge >= 0.3 is 0 Å². The molecule has 4 rings (SSSR count). The number of anilines is 4. The Morgan fingerprint density at radius 1 is 1.09 bits per heavy atom. The van der Waals surface area contributed by atoms with Gasteiger partial charge in [-0.1, -0.05) is 23.2 Å². The predicted molar refractivity (Wildman–Crippen MR) is 116 cm³/mol. The van der Waals surface area contributed by atoms with E-state index in [1.807, 2.05) is 0 Å². The molecule has 32 heavy (non-hydrogen) atoms. The average Bonchev–Trinajstić information content (AvgIpc) is 2.72. The van der Waals surface area contributed by atoms with Crippen LogP contribution >= 0.6 is 23.2 Å². The Morgan fingerprint density at radius 3 is 2.59 bits per heavy atom. The third-order valence-corrected chi connectivity index (χ3v) is 5.19. The Bertz CT molecular complexity index is 1310. The second kappa shape index (κ2) is 8.56. The minimum atomic E-state index is -1.20. The fourth-order valence-corrected chi connectivity index (χ4v) is 3.63. The number of hydrogen-bond donors (Lipinski definition) is 4. The predicted octanol–water partition coefficient (Wildman–Crippen LogP) is 4.16. The first-order valence-corrected chi connectivity index (χ1v) is 9.89. The molecule has 1 unspecified atom stereocenters. The summed E-state index contributed by atoms with van der Waals surface area (Å²) in [5.41, 5.74) is -0.374. The lowest BCUT2D eigenvalue weighted by Crippen LogP contribution is -2.36. The zero-order valence-electron chi connectivity index (χ0n) is 15.9. The van der Waals surface area contributed by atoms with E-state index < -0.39 is 34.9 Å². The lowest BCUT2D eigenvalue weighted by atomic mass is 9.92. The molecule has 2 amide bonds. The number of fused-ring (bicyclic) bond motifs is 1. The van der Waals surface area contributed by atoms with E-state index in [-0.39, 0.29) is 34.5 Å². The molecule has 2 aromatic carbocycles. The summed E-state index contributed by atoms with van der Waals surface area (Å²) >= 11 is 12.0. The highest BCUT2D eigenvalue weighted by Crippen LogP contribution is 2.31. The van der Waals surface area contributed by atoms with Gasteiger partial charge in [0.1, 0.15) is 5.82 Å². The fourth-order valence-electron chi connectivity index (χ4n) is 3.18. The molecule has 0 radical (unpaired) electrons. The van der Waals surface area contributed by atoms with Crippen LogP contribution in [0.3, 0.4) is 0 Å². The first-order valence-electron chi connectivity index (χ1n) is 9.13. The van der Waals surface area contributed by atoms with Crippen LogP contribution < -0.4 is 21.5 Å². The van der Waals surface area contributed by atoms with Crippen molar-refractivity contribution in [3.63, 3.8) is 0 Å². The van der Waals surface area contributed by atoms with Crippen molar-refractivity contribution in [2.45, 2.75) is 12.3 Å². The Morgan fingerprint density at radius 2 is 1.88 bits per heavy atom. The first kappa shape index (κ1) is 21.7. The van der Waals surface area contributed by atoms with Gasteiger partial charge in [-0.2, -0.15) is 4.98 Å². The number of nitrogens with zero attached hydrogens (tertiary/aromatic N) is 1. The fraction of sp³-hybridized carbons (Fsp3) is 0.100. The third kappa shape index (κ3) is 4.41. The van der Waals surface area contributed by atoms with Crippen molar-refractivity contribution in [1.82, 2.24) is 9.97 Å². The number of carbonyl (C=O) groups excluding carboxylic acids is 2. The van der Waals surface area contributed by atoms with Crippen LogP contribution in [0.25, 0.3) is 0 Å². The highest BCUT2D eigenvalue weighted by Gasteiger charge is 2.35. The van der Waals surface area contributed by atoms with Gasteiger partial charge in [-0.05, 0) is 30.3 Å². The van der Waals surface area contributed by atoms with E-state index in [9.17, 15) is 23.2 Å². The molecule has 0 saturated heterocycles. The molecule has 3 aromatic rings. The number of rotatable bonds is 4.